The minimum atomic E-state index is -4.28. The van der Waals surface area contributed by atoms with Crippen LogP contribution in [-0.4, -0.2) is 18.7 Å². The first-order valence-electron chi connectivity index (χ1n) is 4.74. The highest BCUT2D eigenvalue weighted by Gasteiger charge is 2.30. The molecule has 1 fully saturated rings. The Balaban J connectivity index is 2.22. The molecule has 17 heavy (non-hydrogen) atoms. The van der Waals surface area contributed by atoms with Crippen molar-refractivity contribution in [1.82, 2.24) is 0 Å². The number of thioether (sulfide) groups is 1. The van der Waals surface area contributed by atoms with Crippen LogP contribution >= 0.6 is 34.4 Å². The molecule has 0 atom stereocenters. The largest absolute Gasteiger partial charge is 0.446 e. The smallest absolute Gasteiger partial charge is 0.346 e. The Labute approximate surface area is 114 Å². The third-order valence-electron chi connectivity index (χ3n) is 2.08. The Bertz CT molecular complexity index is 405. The zero-order chi connectivity index (χ0) is 12.5. The monoisotopic (exact) mass is 376 g/mol. The summed E-state index contributed by atoms with van der Waals surface area (Å²) in [5.41, 5.74) is -3.63. The van der Waals surface area contributed by atoms with Crippen molar-refractivity contribution >= 4 is 34.4 Å². The van der Waals surface area contributed by atoms with Crippen molar-refractivity contribution in [3.8, 4) is 0 Å². The molecular weight excluding hydrogens is 368 g/mol. The number of benzene rings is 1. The van der Waals surface area contributed by atoms with E-state index in [2.05, 4.69) is 22.6 Å². The summed E-state index contributed by atoms with van der Waals surface area (Å²) in [7, 11) is 0. The van der Waals surface area contributed by atoms with Crippen LogP contribution in [0.15, 0.2) is 23.1 Å². The molecule has 1 heterocycles. The SMILES string of the molecule is FC(F)(F)Sc1ccc(I)c(C2OCCO2)c1. The predicted octanol–water partition coefficient (Wildman–Crippen LogP) is 3.95. The molecule has 1 aliphatic rings. The summed E-state index contributed by atoms with van der Waals surface area (Å²) >= 11 is 1.92. The number of hydrogen-bond donors (Lipinski definition) is 0. The fourth-order valence-corrected chi connectivity index (χ4v) is 2.62. The summed E-state index contributed by atoms with van der Waals surface area (Å²) in [6.45, 7) is 0.939. The molecule has 1 aliphatic heterocycles. The second kappa shape index (κ2) is 5.33. The summed E-state index contributed by atoms with van der Waals surface area (Å²) in [6, 6.07) is 4.54. The third kappa shape index (κ3) is 3.73. The maximum absolute atomic E-state index is 12.2. The first-order chi connectivity index (χ1) is 7.96. The van der Waals surface area contributed by atoms with Gasteiger partial charge in [0.25, 0.3) is 0 Å². The highest BCUT2D eigenvalue weighted by Crippen LogP contribution is 2.39. The maximum Gasteiger partial charge on any atom is 0.446 e. The van der Waals surface area contributed by atoms with Gasteiger partial charge in [0.15, 0.2) is 6.29 Å². The van der Waals surface area contributed by atoms with Gasteiger partial charge in [0.1, 0.15) is 0 Å². The van der Waals surface area contributed by atoms with Crippen LogP contribution in [0, 0.1) is 3.57 Å². The van der Waals surface area contributed by atoms with Crippen molar-refractivity contribution in [1.29, 1.82) is 0 Å². The molecule has 2 nitrogen and oxygen atoms in total. The van der Waals surface area contributed by atoms with E-state index in [0.717, 1.165) is 3.57 Å². The highest BCUT2D eigenvalue weighted by molar-refractivity contribution is 14.1. The fraction of sp³-hybridized carbons (Fsp3) is 0.400. The summed E-state index contributed by atoms with van der Waals surface area (Å²) < 4.78 is 48.2. The summed E-state index contributed by atoms with van der Waals surface area (Å²) in [6.07, 6.45) is -0.546. The molecular formula is C10H8F3IO2S. The quantitative estimate of drug-likeness (QED) is 0.576. The summed E-state index contributed by atoms with van der Waals surface area (Å²) in [5.74, 6) is 0. The van der Waals surface area contributed by atoms with Crippen molar-refractivity contribution in [2.45, 2.75) is 16.7 Å². The number of halogens is 4. The Morgan fingerprint density at radius 2 is 1.88 bits per heavy atom. The molecule has 1 saturated heterocycles. The number of ether oxygens (including phenoxy) is 2. The molecule has 0 bridgehead atoms. The standard InChI is InChI=1S/C10H8F3IO2S/c11-10(12,13)17-6-1-2-8(14)7(5-6)9-15-3-4-16-9/h1-2,5,9H,3-4H2. The predicted molar refractivity (Wildman–Crippen MR) is 65.7 cm³/mol. The lowest BCUT2D eigenvalue weighted by molar-refractivity contribution is -0.0450. The molecule has 1 aromatic carbocycles. The Kier molecular flexibility index (Phi) is 4.22. The average Bonchev–Trinajstić information content (AvgIpc) is 2.72. The fourth-order valence-electron chi connectivity index (χ4n) is 1.44. The summed E-state index contributed by atoms with van der Waals surface area (Å²) in [5, 5.41) is 0. The first kappa shape index (κ1) is 13.4. The van der Waals surface area contributed by atoms with E-state index in [0.29, 0.717) is 18.8 Å². The molecule has 0 saturated carbocycles. The molecule has 0 radical (unpaired) electrons. The molecule has 0 unspecified atom stereocenters. The van der Waals surface area contributed by atoms with Crippen molar-refractivity contribution < 1.29 is 22.6 Å². The van der Waals surface area contributed by atoms with Gasteiger partial charge in [-0.1, -0.05) is 0 Å². The lowest BCUT2D eigenvalue weighted by Gasteiger charge is -2.13. The van der Waals surface area contributed by atoms with E-state index in [4.69, 9.17) is 9.47 Å². The van der Waals surface area contributed by atoms with Crippen LogP contribution < -0.4 is 0 Å². The minimum Gasteiger partial charge on any atom is -0.346 e. The van der Waals surface area contributed by atoms with Crippen LogP contribution in [-0.2, 0) is 9.47 Å². The van der Waals surface area contributed by atoms with Gasteiger partial charge in [-0.25, -0.2) is 0 Å². The summed E-state index contributed by atoms with van der Waals surface area (Å²) in [4.78, 5) is 0.145. The maximum atomic E-state index is 12.2. The van der Waals surface area contributed by atoms with Crippen molar-refractivity contribution in [3.63, 3.8) is 0 Å². The number of hydrogen-bond acceptors (Lipinski definition) is 3. The van der Waals surface area contributed by atoms with E-state index in [1.54, 1.807) is 6.07 Å². The molecule has 0 amide bonds. The molecule has 1 aromatic rings. The molecule has 2 rings (SSSR count). The normalized spacial score (nSPS) is 17.6. The highest BCUT2D eigenvalue weighted by atomic mass is 127. The van der Waals surface area contributed by atoms with Gasteiger partial charge in [-0.15, -0.1) is 0 Å². The van der Waals surface area contributed by atoms with Crippen LogP contribution in [0.5, 0.6) is 0 Å². The van der Waals surface area contributed by atoms with E-state index in [1.807, 2.05) is 0 Å². The second-order valence-corrected chi connectivity index (χ2v) is 5.61. The van der Waals surface area contributed by atoms with Crippen molar-refractivity contribution in [2.24, 2.45) is 0 Å². The Hall–Kier alpha value is 0.01000. The van der Waals surface area contributed by atoms with Gasteiger partial charge in [0, 0.05) is 14.0 Å². The van der Waals surface area contributed by atoms with Gasteiger partial charge in [0.2, 0.25) is 0 Å². The van der Waals surface area contributed by atoms with E-state index < -0.39 is 11.8 Å². The lowest BCUT2D eigenvalue weighted by atomic mass is 10.2. The molecule has 94 valence electrons. The lowest BCUT2D eigenvalue weighted by Crippen LogP contribution is -2.03. The van der Waals surface area contributed by atoms with Gasteiger partial charge in [0.05, 0.1) is 13.2 Å². The van der Waals surface area contributed by atoms with Gasteiger partial charge in [-0.3, -0.25) is 0 Å². The van der Waals surface area contributed by atoms with Crippen molar-refractivity contribution in [3.05, 3.63) is 27.3 Å². The van der Waals surface area contributed by atoms with Crippen LogP contribution in [0.4, 0.5) is 13.2 Å². The number of rotatable bonds is 2. The van der Waals surface area contributed by atoms with Gasteiger partial charge >= 0.3 is 5.51 Å². The van der Waals surface area contributed by atoms with Crippen LogP contribution in [0.3, 0.4) is 0 Å². The van der Waals surface area contributed by atoms with Gasteiger partial charge in [-0.2, -0.15) is 13.2 Å². The molecule has 7 heteroatoms. The third-order valence-corrected chi connectivity index (χ3v) is 3.78. The minimum absolute atomic E-state index is 0.132. The zero-order valence-corrected chi connectivity index (χ0v) is 11.4. The van der Waals surface area contributed by atoms with E-state index in [-0.39, 0.29) is 16.7 Å². The Morgan fingerprint density at radius 3 is 2.47 bits per heavy atom. The van der Waals surface area contributed by atoms with E-state index in [1.165, 1.54) is 12.1 Å². The zero-order valence-electron chi connectivity index (χ0n) is 8.46. The molecule has 0 aromatic heterocycles. The first-order valence-corrected chi connectivity index (χ1v) is 6.63. The van der Waals surface area contributed by atoms with Gasteiger partial charge in [-0.05, 0) is 52.6 Å². The average molecular weight is 376 g/mol. The van der Waals surface area contributed by atoms with Crippen LogP contribution in [0.2, 0.25) is 0 Å². The van der Waals surface area contributed by atoms with Crippen LogP contribution in [0.25, 0.3) is 0 Å². The molecule has 0 aliphatic carbocycles. The van der Waals surface area contributed by atoms with Crippen molar-refractivity contribution in [2.75, 3.05) is 13.2 Å². The van der Waals surface area contributed by atoms with Gasteiger partial charge < -0.3 is 9.47 Å². The second-order valence-electron chi connectivity index (χ2n) is 3.30. The van der Waals surface area contributed by atoms with E-state index in [9.17, 15) is 13.2 Å². The number of alkyl halides is 3. The van der Waals surface area contributed by atoms with Crippen LogP contribution in [0.1, 0.15) is 11.9 Å². The topological polar surface area (TPSA) is 18.5 Å². The molecule has 0 N–H and O–H groups in total. The Morgan fingerprint density at radius 1 is 1.24 bits per heavy atom. The molecule has 0 spiro atoms. The van der Waals surface area contributed by atoms with E-state index >= 15 is 0 Å².